The molecular formula is C17H23N3. The maximum absolute atomic E-state index is 6.05. The molecule has 3 nitrogen and oxygen atoms in total. The van der Waals surface area contributed by atoms with Gasteiger partial charge in [-0.3, -0.25) is 0 Å². The van der Waals surface area contributed by atoms with E-state index in [1.165, 1.54) is 48.1 Å². The largest absolute Gasteiger partial charge is 0.328 e. The molecule has 0 aliphatic heterocycles. The Hall–Kier alpha value is -1.35. The average molecular weight is 269 g/mol. The molecule has 1 aromatic heterocycles. The Morgan fingerprint density at radius 3 is 2.55 bits per heavy atom. The van der Waals surface area contributed by atoms with Crippen LogP contribution in [0.25, 0.3) is 11.0 Å². The van der Waals surface area contributed by atoms with Gasteiger partial charge in [-0.05, 0) is 63.1 Å². The Balaban J connectivity index is 1.79. The molecule has 1 aromatic carbocycles. The van der Waals surface area contributed by atoms with Crippen LogP contribution in [0.4, 0.5) is 0 Å². The van der Waals surface area contributed by atoms with Gasteiger partial charge in [0.05, 0.1) is 11.0 Å². The predicted octanol–water partition coefficient (Wildman–Crippen LogP) is 3.66. The molecule has 106 valence electrons. The molecule has 2 aliphatic carbocycles. The summed E-state index contributed by atoms with van der Waals surface area (Å²) < 4.78 is 2.54. The van der Waals surface area contributed by atoms with Crippen molar-refractivity contribution in [1.82, 2.24) is 9.55 Å². The minimum atomic E-state index is 0.409. The van der Waals surface area contributed by atoms with Gasteiger partial charge in [-0.15, -0.1) is 0 Å². The molecule has 2 fully saturated rings. The summed E-state index contributed by atoms with van der Waals surface area (Å²) in [5.41, 5.74) is 9.87. The topological polar surface area (TPSA) is 43.8 Å². The molecule has 4 rings (SSSR count). The Bertz CT molecular complexity index is 631. The lowest BCUT2D eigenvalue weighted by Crippen LogP contribution is -2.26. The number of hydrogen-bond donors (Lipinski definition) is 1. The van der Waals surface area contributed by atoms with Crippen LogP contribution in [0.5, 0.6) is 0 Å². The normalized spacial score (nSPS) is 27.1. The van der Waals surface area contributed by atoms with Crippen molar-refractivity contribution in [3.8, 4) is 0 Å². The molecule has 1 heterocycles. The van der Waals surface area contributed by atoms with E-state index in [1.54, 1.807) is 0 Å². The number of rotatable bonds is 2. The van der Waals surface area contributed by atoms with Gasteiger partial charge in [0.1, 0.15) is 5.82 Å². The molecule has 2 saturated carbocycles. The van der Waals surface area contributed by atoms with Gasteiger partial charge in [0.2, 0.25) is 0 Å². The number of aryl methyl sites for hydroxylation is 1. The van der Waals surface area contributed by atoms with Crippen LogP contribution in [0.2, 0.25) is 0 Å². The molecule has 2 N–H and O–H groups in total. The fourth-order valence-electron chi connectivity index (χ4n) is 3.61. The van der Waals surface area contributed by atoms with E-state index >= 15 is 0 Å². The van der Waals surface area contributed by atoms with Crippen LogP contribution < -0.4 is 5.73 Å². The van der Waals surface area contributed by atoms with E-state index < -0.39 is 0 Å². The van der Waals surface area contributed by atoms with E-state index in [2.05, 4.69) is 29.7 Å². The first-order valence-corrected chi connectivity index (χ1v) is 7.96. The summed E-state index contributed by atoms with van der Waals surface area (Å²) in [7, 11) is 0. The summed E-state index contributed by atoms with van der Waals surface area (Å²) in [4.78, 5) is 5.01. The second-order valence-electron chi connectivity index (χ2n) is 6.68. The van der Waals surface area contributed by atoms with Crippen LogP contribution in [-0.2, 0) is 0 Å². The van der Waals surface area contributed by atoms with Crippen LogP contribution >= 0.6 is 0 Å². The van der Waals surface area contributed by atoms with E-state index in [4.69, 9.17) is 10.7 Å². The molecule has 0 atom stereocenters. The lowest BCUT2D eigenvalue weighted by atomic mass is 9.86. The van der Waals surface area contributed by atoms with Crippen molar-refractivity contribution in [2.24, 2.45) is 5.73 Å². The zero-order valence-corrected chi connectivity index (χ0v) is 12.2. The predicted molar refractivity (Wildman–Crippen MR) is 81.9 cm³/mol. The highest BCUT2D eigenvalue weighted by atomic mass is 15.1. The smallest absolute Gasteiger partial charge is 0.113 e. The molecule has 0 bridgehead atoms. The second kappa shape index (κ2) is 4.59. The summed E-state index contributed by atoms with van der Waals surface area (Å²) in [5, 5.41) is 0. The number of aromatic nitrogens is 2. The van der Waals surface area contributed by atoms with Gasteiger partial charge >= 0.3 is 0 Å². The van der Waals surface area contributed by atoms with Gasteiger partial charge in [-0.2, -0.15) is 0 Å². The first kappa shape index (κ1) is 12.4. The van der Waals surface area contributed by atoms with Crippen LogP contribution in [0.15, 0.2) is 18.2 Å². The van der Waals surface area contributed by atoms with Crippen molar-refractivity contribution < 1.29 is 0 Å². The fourth-order valence-corrected chi connectivity index (χ4v) is 3.61. The number of hydrogen-bond acceptors (Lipinski definition) is 2. The lowest BCUT2D eigenvalue weighted by molar-refractivity contribution is 0.377. The summed E-state index contributed by atoms with van der Waals surface area (Å²) in [6.07, 6.45) is 7.35. The zero-order chi connectivity index (χ0) is 13.7. The number of fused-ring (bicyclic) bond motifs is 1. The standard InChI is InChI=1S/C17H23N3/c1-11-2-9-16-15(10-11)19-17(20(16)14-7-8-14)12-3-5-13(18)6-4-12/h2,9-10,12-14H,3-8,18H2,1H3. The third-order valence-corrected chi connectivity index (χ3v) is 4.92. The third-order valence-electron chi connectivity index (χ3n) is 4.92. The maximum atomic E-state index is 6.05. The van der Waals surface area contributed by atoms with Crippen molar-refractivity contribution in [3.63, 3.8) is 0 Å². The van der Waals surface area contributed by atoms with Crippen LogP contribution in [0.3, 0.4) is 0 Å². The minimum Gasteiger partial charge on any atom is -0.328 e. The fraction of sp³-hybridized carbons (Fsp3) is 0.588. The Morgan fingerprint density at radius 2 is 1.85 bits per heavy atom. The van der Waals surface area contributed by atoms with E-state index in [1.807, 2.05) is 0 Å². The van der Waals surface area contributed by atoms with Crippen molar-refractivity contribution in [3.05, 3.63) is 29.6 Å². The molecule has 0 radical (unpaired) electrons. The van der Waals surface area contributed by atoms with Crippen LogP contribution in [0, 0.1) is 6.92 Å². The summed E-state index contributed by atoms with van der Waals surface area (Å²) in [5.74, 6) is 1.95. The van der Waals surface area contributed by atoms with Crippen LogP contribution in [-0.4, -0.2) is 15.6 Å². The first-order chi connectivity index (χ1) is 9.72. The molecule has 3 heteroatoms. The molecule has 20 heavy (non-hydrogen) atoms. The molecule has 0 amide bonds. The maximum Gasteiger partial charge on any atom is 0.113 e. The zero-order valence-electron chi connectivity index (χ0n) is 12.2. The average Bonchev–Trinajstić information content (AvgIpc) is 3.20. The minimum absolute atomic E-state index is 0.409. The number of nitrogens with zero attached hydrogens (tertiary/aromatic N) is 2. The lowest BCUT2D eigenvalue weighted by Gasteiger charge is -2.26. The van der Waals surface area contributed by atoms with Crippen molar-refractivity contribution in [2.75, 3.05) is 0 Å². The van der Waals surface area contributed by atoms with Crippen molar-refractivity contribution >= 4 is 11.0 Å². The van der Waals surface area contributed by atoms with E-state index in [0.717, 1.165) is 12.8 Å². The number of imidazole rings is 1. The van der Waals surface area contributed by atoms with Gasteiger partial charge in [0.25, 0.3) is 0 Å². The quantitative estimate of drug-likeness (QED) is 0.904. The van der Waals surface area contributed by atoms with Gasteiger partial charge in [0.15, 0.2) is 0 Å². The van der Waals surface area contributed by atoms with Gasteiger partial charge in [-0.25, -0.2) is 4.98 Å². The Morgan fingerprint density at radius 1 is 1.10 bits per heavy atom. The molecule has 0 unspecified atom stereocenters. The summed E-state index contributed by atoms with van der Waals surface area (Å²) in [6.45, 7) is 2.15. The van der Waals surface area contributed by atoms with Gasteiger partial charge in [0, 0.05) is 18.0 Å². The summed E-state index contributed by atoms with van der Waals surface area (Å²) >= 11 is 0. The molecule has 0 saturated heterocycles. The molecular weight excluding hydrogens is 246 g/mol. The Kier molecular flexibility index (Phi) is 2.84. The highest BCUT2D eigenvalue weighted by Gasteiger charge is 2.32. The van der Waals surface area contributed by atoms with Crippen LogP contribution in [0.1, 0.15) is 61.9 Å². The first-order valence-electron chi connectivity index (χ1n) is 7.96. The highest BCUT2D eigenvalue weighted by molar-refractivity contribution is 5.77. The molecule has 2 aromatic rings. The van der Waals surface area contributed by atoms with E-state index in [-0.39, 0.29) is 0 Å². The van der Waals surface area contributed by atoms with Crippen molar-refractivity contribution in [2.45, 2.75) is 63.5 Å². The number of benzene rings is 1. The van der Waals surface area contributed by atoms with E-state index in [9.17, 15) is 0 Å². The Labute approximate surface area is 120 Å². The monoisotopic (exact) mass is 269 g/mol. The highest BCUT2D eigenvalue weighted by Crippen LogP contribution is 2.42. The SMILES string of the molecule is Cc1ccc2c(c1)nc(C1CCC(N)CC1)n2C1CC1. The second-order valence-corrected chi connectivity index (χ2v) is 6.68. The molecule has 2 aliphatic rings. The van der Waals surface area contributed by atoms with Gasteiger partial charge < -0.3 is 10.3 Å². The number of nitrogens with two attached hydrogens (primary N) is 1. The molecule has 0 spiro atoms. The van der Waals surface area contributed by atoms with E-state index in [0.29, 0.717) is 18.0 Å². The third kappa shape index (κ3) is 2.05. The van der Waals surface area contributed by atoms with Crippen molar-refractivity contribution in [1.29, 1.82) is 0 Å². The summed E-state index contributed by atoms with van der Waals surface area (Å²) in [6, 6.07) is 7.81. The van der Waals surface area contributed by atoms with Gasteiger partial charge in [-0.1, -0.05) is 6.07 Å².